The zero-order valence-corrected chi connectivity index (χ0v) is 16.2. The zero-order chi connectivity index (χ0) is 20.1. The van der Waals surface area contributed by atoms with Crippen molar-refractivity contribution in [3.8, 4) is 0 Å². The number of rotatable bonds is 7. The summed E-state index contributed by atoms with van der Waals surface area (Å²) < 4.78 is 14.2. The Morgan fingerprint density at radius 2 is 2.11 bits per heavy atom. The minimum Gasteiger partial charge on any atom is -0.378 e. The lowest BCUT2D eigenvalue weighted by Crippen LogP contribution is -2.45. The first kappa shape index (κ1) is 20.0. The lowest BCUT2D eigenvalue weighted by molar-refractivity contribution is 0.100. The zero-order valence-electron chi connectivity index (χ0n) is 16.2. The molecular weight excluding hydrogens is 359 g/mol. The van der Waals surface area contributed by atoms with E-state index in [0.717, 1.165) is 18.8 Å². The van der Waals surface area contributed by atoms with Gasteiger partial charge in [0, 0.05) is 31.0 Å². The van der Waals surface area contributed by atoms with Crippen LogP contribution < -0.4 is 21.7 Å². The molecule has 1 amide bonds. The number of halogens is 1. The van der Waals surface area contributed by atoms with Crippen molar-refractivity contribution in [3.63, 3.8) is 0 Å². The van der Waals surface area contributed by atoms with E-state index >= 15 is 0 Å². The van der Waals surface area contributed by atoms with Crippen LogP contribution in [0.15, 0.2) is 36.5 Å². The van der Waals surface area contributed by atoms with Gasteiger partial charge in [-0.3, -0.25) is 4.79 Å². The fourth-order valence-corrected chi connectivity index (χ4v) is 3.23. The summed E-state index contributed by atoms with van der Waals surface area (Å²) >= 11 is 0. The number of anilines is 3. The number of carbonyl (C=O) groups excluding carboxylic acids is 1. The Balaban J connectivity index is 1.77. The summed E-state index contributed by atoms with van der Waals surface area (Å²) in [5.41, 5.74) is 8.28. The number of carbonyl (C=O) groups is 1. The Kier molecular flexibility index (Phi) is 6.43. The fourth-order valence-electron chi connectivity index (χ4n) is 3.23. The standard InChI is InChI=1S/C20H27FN6O/c1-27(2)12-13-3-5-14(6-4-13)25-19-9-18(15(10-24-19)20(22)28)26-17-7-8-23-11-16(17)21/h3-6,9-10,16-17,23H,7-8,11-12H2,1-2H3,(H2,22,28)(H2,24,25,26)/t16-,17+/m0/s1. The number of nitrogens with one attached hydrogen (secondary N) is 3. The van der Waals surface area contributed by atoms with Crippen LogP contribution in [-0.4, -0.2) is 55.2 Å². The Bertz CT molecular complexity index is 811. The number of benzene rings is 1. The van der Waals surface area contributed by atoms with Crippen LogP contribution in [0.1, 0.15) is 22.3 Å². The van der Waals surface area contributed by atoms with Gasteiger partial charge in [-0.15, -0.1) is 0 Å². The number of hydrogen-bond donors (Lipinski definition) is 4. The van der Waals surface area contributed by atoms with Gasteiger partial charge in [0.05, 0.1) is 17.3 Å². The van der Waals surface area contributed by atoms with Crippen LogP contribution in [0.3, 0.4) is 0 Å². The molecule has 5 N–H and O–H groups in total. The topological polar surface area (TPSA) is 95.3 Å². The Hall–Kier alpha value is -2.71. The first-order chi connectivity index (χ1) is 13.4. The molecule has 1 fully saturated rings. The first-order valence-electron chi connectivity index (χ1n) is 9.34. The highest BCUT2D eigenvalue weighted by Crippen LogP contribution is 2.24. The van der Waals surface area contributed by atoms with E-state index in [9.17, 15) is 9.18 Å². The van der Waals surface area contributed by atoms with Crippen molar-refractivity contribution in [1.29, 1.82) is 0 Å². The number of nitrogens with zero attached hydrogens (tertiary/aromatic N) is 2. The lowest BCUT2D eigenvalue weighted by Gasteiger charge is -2.29. The molecule has 1 aliphatic rings. The molecule has 1 aromatic heterocycles. The average molecular weight is 386 g/mol. The van der Waals surface area contributed by atoms with E-state index < -0.39 is 12.1 Å². The van der Waals surface area contributed by atoms with Gasteiger partial charge in [0.1, 0.15) is 12.0 Å². The van der Waals surface area contributed by atoms with E-state index in [4.69, 9.17) is 5.73 Å². The summed E-state index contributed by atoms with van der Waals surface area (Å²) in [4.78, 5) is 18.1. The van der Waals surface area contributed by atoms with Gasteiger partial charge in [-0.2, -0.15) is 0 Å². The quantitative estimate of drug-likeness (QED) is 0.582. The SMILES string of the molecule is CN(C)Cc1ccc(Nc2cc(N[C@@H]3CCNC[C@@H]3F)c(C(N)=O)cn2)cc1. The number of primary amides is 1. The second-order valence-corrected chi connectivity index (χ2v) is 7.30. The summed E-state index contributed by atoms with van der Waals surface area (Å²) in [6, 6.07) is 9.35. The largest absolute Gasteiger partial charge is 0.378 e. The predicted octanol–water partition coefficient (Wildman–Crippen LogP) is 2.10. The highest BCUT2D eigenvalue weighted by molar-refractivity contribution is 5.98. The second-order valence-electron chi connectivity index (χ2n) is 7.30. The van der Waals surface area contributed by atoms with Crippen LogP contribution in [0.4, 0.5) is 21.6 Å². The van der Waals surface area contributed by atoms with Crippen molar-refractivity contribution in [2.75, 3.05) is 37.8 Å². The van der Waals surface area contributed by atoms with Crippen molar-refractivity contribution in [3.05, 3.63) is 47.7 Å². The molecule has 2 heterocycles. The third-order valence-corrected chi connectivity index (χ3v) is 4.64. The fraction of sp³-hybridized carbons (Fsp3) is 0.400. The van der Waals surface area contributed by atoms with E-state index in [1.807, 2.05) is 38.4 Å². The Morgan fingerprint density at radius 3 is 2.75 bits per heavy atom. The second kappa shape index (κ2) is 8.99. The third kappa shape index (κ3) is 5.17. The van der Waals surface area contributed by atoms with Crippen molar-refractivity contribution in [2.45, 2.75) is 25.2 Å². The molecule has 1 aliphatic heterocycles. The number of alkyl halides is 1. The Morgan fingerprint density at radius 1 is 1.36 bits per heavy atom. The van der Waals surface area contributed by atoms with Gasteiger partial charge in [0.2, 0.25) is 0 Å². The highest BCUT2D eigenvalue weighted by atomic mass is 19.1. The molecule has 3 rings (SSSR count). The molecule has 2 aromatic rings. The van der Waals surface area contributed by atoms with Gasteiger partial charge >= 0.3 is 0 Å². The molecule has 7 nitrogen and oxygen atoms in total. The van der Waals surface area contributed by atoms with Gasteiger partial charge in [-0.05, 0) is 44.8 Å². The summed E-state index contributed by atoms with van der Waals surface area (Å²) in [5, 5.41) is 9.37. The van der Waals surface area contributed by atoms with E-state index in [0.29, 0.717) is 24.5 Å². The smallest absolute Gasteiger partial charge is 0.252 e. The van der Waals surface area contributed by atoms with Crippen molar-refractivity contribution >= 4 is 23.1 Å². The van der Waals surface area contributed by atoms with Crippen LogP contribution in [0, 0.1) is 0 Å². The highest BCUT2D eigenvalue weighted by Gasteiger charge is 2.25. The molecule has 0 spiro atoms. The molecule has 1 aromatic carbocycles. The number of piperidine rings is 1. The van der Waals surface area contributed by atoms with Gasteiger partial charge < -0.3 is 26.6 Å². The van der Waals surface area contributed by atoms with Crippen LogP contribution in [0.5, 0.6) is 0 Å². The molecule has 0 unspecified atom stereocenters. The van der Waals surface area contributed by atoms with E-state index in [1.54, 1.807) is 6.07 Å². The van der Waals surface area contributed by atoms with Crippen LogP contribution in [0.2, 0.25) is 0 Å². The predicted molar refractivity (Wildman–Crippen MR) is 110 cm³/mol. The average Bonchev–Trinajstić information content (AvgIpc) is 2.65. The molecular formula is C20H27FN6O. The third-order valence-electron chi connectivity index (χ3n) is 4.64. The minimum absolute atomic E-state index is 0.248. The number of hydrogen-bond acceptors (Lipinski definition) is 6. The molecule has 1 saturated heterocycles. The molecule has 0 radical (unpaired) electrons. The molecule has 0 bridgehead atoms. The van der Waals surface area contributed by atoms with Crippen LogP contribution in [-0.2, 0) is 6.54 Å². The number of amides is 1. The monoisotopic (exact) mass is 386 g/mol. The molecule has 8 heteroatoms. The lowest BCUT2D eigenvalue weighted by atomic mass is 10.0. The maximum atomic E-state index is 14.2. The number of nitrogens with two attached hydrogens (primary N) is 1. The minimum atomic E-state index is -1.04. The van der Waals surface area contributed by atoms with Crippen molar-refractivity contribution in [1.82, 2.24) is 15.2 Å². The summed E-state index contributed by atoms with van der Waals surface area (Å²) in [7, 11) is 4.05. The maximum Gasteiger partial charge on any atom is 0.252 e. The van der Waals surface area contributed by atoms with Gasteiger partial charge in [0.15, 0.2) is 0 Å². The van der Waals surface area contributed by atoms with Gasteiger partial charge in [-0.1, -0.05) is 12.1 Å². The van der Waals surface area contributed by atoms with Crippen LogP contribution >= 0.6 is 0 Å². The molecule has 150 valence electrons. The van der Waals surface area contributed by atoms with Crippen molar-refractivity contribution in [2.24, 2.45) is 5.73 Å². The number of pyridine rings is 1. The normalized spacial score (nSPS) is 19.4. The van der Waals surface area contributed by atoms with Gasteiger partial charge in [0.25, 0.3) is 5.91 Å². The molecule has 2 atom stereocenters. The van der Waals surface area contributed by atoms with Crippen LogP contribution in [0.25, 0.3) is 0 Å². The summed E-state index contributed by atoms with van der Waals surface area (Å²) in [6.45, 7) is 1.87. The molecule has 0 saturated carbocycles. The summed E-state index contributed by atoms with van der Waals surface area (Å²) in [6.07, 6.45) is 1.00. The van der Waals surface area contributed by atoms with Crippen molar-refractivity contribution < 1.29 is 9.18 Å². The molecule has 0 aliphatic carbocycles. The van der Waals surface area contributed by atoms with E-state index in [2.05, 4.69) is 25.8 Å². The van der Waals surface area contributed by atoms with E-state index in [1.165, 1.54) is 11.8 Å². The molecule has 28 heavy (non-hydrogen) atoms. The maximum absolute atomic E-state index is 14.2. The summed E-state index contributed by atoms with van der Waals surface area (Å²) in [5.74, 6) is -0.0452. The first-order valence-corrected chi connectivity index (χ1v) is 9.34. The van der Waals surface area contributed by atoms with Gasteiger partial charge in [-0.25, -0.2) is 9.37 Å². The van der Waals surface area contributed by atoms with E-state index in [-0.39, 0.29) is 11.6 Å². The number of aromatic nitrogens is 1. The Labute approximate surface area is 164 Å².